The van der Waals surface area contributed by atoms with Gasteiger partial charge < -0.3 is 10.2 Å². The van der Waals surface area contributed by atoms with Gasteiger partial charge in [0.2, 0.25) is 0 Å². The summed E-state index contributed by atoms with van der Waals surface area (Å²) < 4.78 is 0. The van der Waals surface area contributed by atoms with Gasteiger partial charge in [-0.2, -0.15) is 0 Å². The maximum Gasteiger partial charge on any atom is 0.126 e. The molecular formula is C18H26N4. The van der Waals surface area contributed by atoms with Crippen LogP contribution in [-0.4, -0.2) is 41.5 Å². The van der Waals surface area contributed by atoms with Gasteiger partial charge in [-0.1, -0.05) is 0 Å². The molecule has 0 amide bonds. The predicted octanol–water partition coefficient (Wildman–Crippen LogP) is 3.55. The Labute approximate surface area is 133 Å². The number of nitrogens with one attached hydrogen (secondary N) is 1. The Kier molecular flexibility index (Phi) is 4.88. The van der Waals surface area contributed by atoms with Gasteiger partial charge in [0, 0.05) is 12.2 Å². The maximum absolute atomic E-state index is 4.67. The molecule has 0 bridgehead atoms. The van der Waals surface area contributed by atoms with E-state index in [1.165, 1.54) is 38.6 Å². The van der Waals surface area contributed by atoms with Crippen molar-refractivity contribution in [2.24, 2.45) is 5.92 Å². The molecule has 0 unspecified atom stereocenters. The summed E-state index contributed by atoms with van der Waals surface area (Å²) in [7, 11) is 4.32. The lowest BCUT2D eigenvalue weighted by molar-refractivity contribution is 0.281. The normalized spacial score (nSPS) is 22.1. The summed E-state index contributed by atoms with van der Waals surface area (Å²) in [5.41, 5.74) is 1.92. The van der Waals surface area contributed by atoms with E-state index in [4.69, 9.17) is 0 Å². The molecule has 4 nitrogen and oxygen atoms in total. The van der Waals surface area contributed by atoms with Gasteiger partial charge in [-0.05, 0) is 82.9 Å². The third kappa shape index (κ3) is 3.95. The SMILES string of the molecule is CN(C)CCC1CCC(Nc2ccc3ncccc3n2)CC1. The van der Waals surface area contributed by atoms with Gasteiger partial charge in [0.05, 0.1) is 11.0 Å². The highest BCUT2D eigenvalue weighted by Crippen LogP contribution is 2.28. The Morgan fingerprint density at radius 2 is 1.91 bits per heavy atom. The first-order valence-electron chi connectivity index (χ1n) is 8.34. The van der Waals surface area contributed by atoms with Crippen LogP contribution in [0.4, 0.5) is 5.82 Å². The van der Waals surface area contributed by atoms with Gasteiger partial charge in [0.15, 0.2) is 0 Å². The third-order valence-corrected chi connectivity index (χ3v) is 4.64. The zero-order valence-electron chi connectivity index (χ0n) is 13.6. The Balaban J connectivity index is 1.53. The monoisotopic (exact) mass is 298 g/mol. The van der Waals surface area contributed by atoms with Crippen LogP contribution in [0, 0.1) is 5.92 Å². The molecule has 0 radical (unpaired) electrons. The number of nitrogens with zero attached hydrogens (tertiary/aromatic N) is 3. The van der Waals surface area contributed by atoms with Crippen molar-refractivity contribution < 1.29 is 0 Å². The fourth-order valence-corrected chi connectivity index (χ4v) is 3.28. The topological polar surface area (TPSA) is 41.0 Å². The molecule has 2 heterocycles. The average Bonchev–Trinajstić information content (AvgIpc) is 2.54. The molecule has 0 atom stereocenters. The van der Waals surface area contributed by atoms with Crippen molar-refractivity contribution in [3.05, 3.63) is 30.5 Å². The number of anilines is 1. The molecule has 22 heavy (non-hydrogen) atoms. The number of fused-ring (bicyclic) bond motifs is 1. The molecule has 2 aromatic rings. The van der Waals surface area contributed by atoms with E-state index >= 15 is 0 Å². The number of hydrogen-bond acceptors (Lipinski definition) is 4. The highest BCUT2D eigenvalue weighted by molar-refractivity contribution is 5.75. The van der Waals surface area contributed by atoms with Crippen LogP contribution in [-0.2, 0) is 0 Å². The van der Waals surface area contributed by atoms with Crippen LogP contribution in [0.1, 0.15) is 32.1 Å². The molecule has 4 heteroatoms. The summed E-state index contributed by atoms with van der Waals surface area (Å²) in [5.74, 6) is 1.88. The molecule has 118 valence electrons. The second-order valence-corrected chi connectivity index (χ2v) is 6.69. The molecule has 1 N–H and O–H groups in total. The van der Waals surface area contributed by atoms with Crippen LogP contribution >= 0.6 is 0 Å². The largest absolute Gasteiger partial charge is 0.367 e. The van der Waals surface area contributed by atoms with Crippen LogP contribution in [0.3, 0.4) is 0 Å². The summed E-state index contributed by atoms with van der Waals surface area (Å²) in [6.45, 7) is 1.21. The number of rotatable bonds is 5. The highest BCUT2D eigenvalue weighted by Gasteiger charge is 2.21. The minimum Gasteiger partial charge on any atom is -0.367 e. The van der Waals surface area contributed by atoms with Crippen LogP contribution in [0.15, 0.2) is 30.5 Å². The van der Waals surface area contributed by atoms with E-state index in [0.717, 1.165) is 22.8 Å². The average molecular weight is 298 g/mol. The first-order chi connectivity index (χ1) is 10.7. The van der Waals surface area contributed by atoms with E-state index in [1.54, 1.807) is 0 Å². The third-order valence-electron chi connectivity index (χ3n) is 4.64. The van der Waals surface area contributed by atoms with Crippen molar-refractivity contribution in [2.45, 2.75) is 38.1 Å². The number of hydrogen-bond donors (Lipinski definition) is 1. The van der Waals surface area contributed by atoms with E-state index in [-0.39, 0.29) is 0 Å². The van der Waals surface area contributed by atoms with Gasteiger partial charge in [0.25, 0.3) is 0 Å². The lowest BCUT2D eigenvalue weighted by atomic mass is 9.84. The first kappa shape index (κ1) is 15.2. The zero-order valence-corrected chi connectivity index (χ0v) is 13.6. The van der Waals surface area contributed by atoms with Crippen molar-refractivity contribution in [3.8, 4) is 0 Å². The molecule has 3 rings (SSSR count). The van der Waals surface area contributed by atoms with Gasteiger partial charge in [0.1, 0.15) is 5.82 Å². The Morgan fingerprint density at radius 1 is 1.09 bits per heavy atom. The van der Waals surface area contributed by atoms with Crippen molar-refractivity contribution in [3.63, 3.8) is 0 Å². The molecule has 0 aromatic carbocycles. The summed E-state index contributed by atoms with van der Waals surface area (Å²) in [6.07, 6.45) is 8.32. The van der Waals surface area contributed by atoms with Gasteiger partial charge >= 0.3 is 0 Å². The molecule has 1 aliphatic rings. The molecule has 0 spiro atoms. The molecule has 1 saturated carbocycles. The summed E-state index contributed by atoms with van der Waals surface area (Å²) in [5, 5.41) is 3.61. The fraction of sp³-hybridized carbons (Fsp3) is 0.556. The van der Waals surface area contributed by atoms with Crippen molar-refractivity contribution in [2.75, 3.05) is 26.0 Å². The molecule has 1 fully saturated rings. The maximum atomic E-state index is 4.67. The molecular weight excluding hydrogens is 272 g/mol. The minimum atomic E-state index is 0.567. The summed E-state index contributed by atoms with van der Waals surface area (Å²) >= 11 is 0. The molecule has 1 aliphatic carbocycles. The van der Waals surface area contributed by atoms with Crippen LogP contribution in [0.25, 0.3) is 11.0 Å². The Bertz CT molecular complexity index is 603. The van der Waals surface area contributed by atoms with E-state index in [2.05, 4.69) is 34.3 Å². The quantitative estimate of drug-likeness (QED) is 0.916. The Hall–Kier alpha value is -1.68. The molecule has 2 aromatic heterocycles. The highest BCUT2D eigenvalue weighted by atomic mass is 15.0. The van der Waals surface area contributed by atoms with Crippen LogP contribution < -0.4 is 5.32 Å². The number of aromatic nitrogens is 2. The molecule has 0 saturated heterocycles. The van der Waals surface area contributed by atoms with E-state index in [9.17, 15) is 0 Å². The summed E-state index contributed by atoms with van der Waals surface area (Å²) in [6, 6.07) is 8.62. The first-order valence-corrected chi connectivity index (χ1v) is 8.34. The van der Waals surface area contributed by atoms with Gasteiger partial charge in [-0.15, -0.1) is 0 Å². The summed E-state index contributed by atoms with van der Waals surface area (Å²) in [4.78, 5) is 11.3. The van der Waals surface area contributed by atoms with Gasteiger partial charge in [-0.3, -0.25) is 4.98 Å². The van der Waals surface area contributed by atoms with Crippen LogP contribution in [0.2, 0.25) is 0 Å². The van der Waals surface area contributed by atoms with Gasteiger partial charge in [-0.25, -0.2) is 4.98 Å². The van der Waals surface area contributed by atoms with E-state index in [1.807, 2.05) is 30.5 Å². The van der Waals surface area contributed by atoms with Crippen molar-refractivity contribution >= 4 is 16.9 Å². The fourth-order valence-electron chi connectivity index (χ4n) is 3.28. The predicted molar refractivity (Wildman–Crippen MR) is 92.1 cm³/mol. The van der Waals surface area contributed by atoms with Crippen LogP contribution in [0.5, 0.6) is 0 Å². The second-order valence-electron chi connectivity index (χ2n) is 6.69. The Morgan fingerprint density at radius 3 is 2.68 bits per heavy atom. The number of pyridine rings is 2. The zero-order chi connectivity index (χ0) is 15.4. The van der Waals surface area contributed by atoms with Crippen molar-refractivity contribution in [1.29, 1.82) is 0 Å². The standard InChI is InChI=1S/C18H26N4/c1-22(2)13-11-14-5-7-15(8-6-14)20-18-10-9-16-17(21-18)4-3-12-19-16/h3-4,9-10,12,14-15H,5-8,11,13H2,1-2H3,(H,20,21). The second kappa shape index (κ2) is 7.05. The lowest BCUT2D eigenvalue weighted by Gasteiger charge is -2.30. The minimum absolute atomic E-state index is 0.567. The molecule has 0 aliphatic heterocycles. The van der Waals surface area contributed by atoms with Crippen molar-refractivity contribution in [1.82, 2.24) is 14.9 Å². The van der Waals surface area contributed by atoms with E-state index < -0.39 is 0 Å². The smallest absolute Gasteiger partial charge is 0.126 e. The van der Waals surface area contributed by atoms with E-state index in [0.29, 0.717) is 6.04 Å². The lowest BCUT2D eigenvalue weighted by Crippen LogP contribution is -2.28.